The van der Waals surface area contributed by atoms with Gasteiger partial charge in [-0.2, -0.15) is 5.10 Å². The number of aromatic nitrogens is 2. The van der Waals surface area contributed by atoms with Crippen LogP contribution in [0.4, 0.5) is 0 Å². The van der Waals surface area contributed by atoms with Gasteiger partial charge >= 0.3 is 0 Å². The number of aryl methyl sites for hydroxylation is 1. The lowest BCUT2D eigenvalue weighted by atomic mass is 10.0. The van der Waals surface area contributed by atoms with Crippen LogP contribution in [-0.2, 0) is 7.05 Å². The zero-order valence-electron chi connectivity index (χ0n) is 9.73. The highest BCUT2D eigenvalue weighted by molar-refractivity contribution is 5.93. The van der Waals surface area contributed by atoms with E-state index >= 15 is 0 Å². The van der Waals surface area contributed by atoms with Crippen LogP contribution in [0.2, 0.25) is 0 Å². The molecule has 1 aromatic heterocycles. The normalized spacial score (nSPS) is 22.0. The van der Waals surface area contributed by atoms with Crippen molar-refractivity contribution >= 4 is 5.91 Å². The number of carbonyl (C=O) groups is 1. The summed E-state index contributed by atoms with van der Waals surface area (Å²) in [5.41, 5.74) is 0.625. The molecule has 1 amide bonds. The Morgan fingerprint density at radius 1 is 1.75 bits per heavy atom. The van der Waals surface area contributed by atoms with Gasteiger partial charge in [-0.25, -0.2) is 0 Å². The fraction of sp³-hybridized carbons (Fsp3) is 0.636. The molecule has 0 aromatic carbocycles. The Balaban J connectivity index is 1.91. The molecule has 0 aliphatic carbocycles. The minimum absolute atomic E-state index is 0.0347. The lowest BCUT2D eigenvalue weighted by Gasteiger charge is -2.19. The molecule has 2 heterocycles. The molecule has 0 saturated carbocycles. The molecule has 1 fully saturated rings. The first-order chi connectivity index (χ1) is 7.66. The summed E-state index contributed by atoms with van der Waals surface area (Å²) in [5, 5.41) is 10.3. The maximum absolute atomic E-state index is 11.8. The van der Waals surface area contributed by atoms with Crippen LogP contribution in [0.3, 0.4) is 0 Å². The predicted molar refractivity (Wildman–Crippen MR) is 61.1 cm³/mol. The summed E-state index contributed by atoms with van der Waals surface area (Å²) in [7, 11) is 1.81. The molecule has 0 spiro atoms. The molecule has 5 heteroatoms. The first-order valence-corrected chi connectivity index (χ1v) is 5.67. The monoisotopic (exact) mass is 222 g/mol. The quantitative estimate of drug-likeness (QED) is 0.765. The van der Waals surface area contributed by atoms with Crippen molar-refractivity contribution in [3.8, 4) is 0 Å². The SMILES string of the molecule is CC(NC(=O)c1cnn(C)c1)C1CCNC1. The topological polar surface area (TPSA) is 59.0 Å². The average Bonchev–Trinajstić information content (AvgIpc) is 2.87. The molecule has 16 heavy (non-hydrogen) atoms. The van der Waals surface area contributed by atoms with Crippen LogP contribution in [0, 0.1) is 5.92 Å². The number of carbonyl (C=O) groups excluding carboxylic acids is 1. The van der Waals surface area contributed by atoms with Crippen LogP contribution in [0.5, 0.6) is 0 Å². The third-order valence-corrected chi connectivity index (χ3v) is 3.13. The molecule has 1 aliphatic rings. The molecule has 1 aliphatic heterocycles. The Morgan fingerprint density at radius 3 is 3.12 bits per heavy atom. The predicted octanol–water partition coefficient (Wildman–Crippen LogP) is 0.148. The van der Waals surface area contributed by atoms with Gasteiger partial charge in [0.05, 0.1) is 11.8 Å². The molecule has 5 nitrogen and oxygen atoms in total. The van der Waals surface area contributed by atoms with Gasteiger partial charge in [-0.15, -0.1) is 0 Å². The minimum atomic E-state index is -0.0347. The maximum atomic E-state index is 11.8. The van der Waals surface area contributed by atoms with Gasteiger partial charge in [0, 0.05) is 19.3 Å². The molecule has 1 aromatic rings. The van der Waals surface area contributed by atoms with Gasteiger partial charge in [0.15, 0.2) is 0 Å². The smallest absolute Gasteiger partial charge is 0.254 e. The summed E-state index contributed by atoms with van der Waals surface area (Å²) in [5.74, 6) is 0.508. The standard InChI is InChI=1S/C11H18N4O/c1-8(9-3-4-12-5-9)14-11(16)10-6-13-15(2)7-10/h6-9,12H,3-5H2,1-2H3,(H,14,16). The average molecular weight is 222 g/mol. The summed E-state index contributed by atoms with van der Waals surface area (Å²) in [6.07, 6.45) is 4.46. The Hall–Kier alpha value is -1.36. The second-order valence-electron chi connectivity index (χ2n) is 4.42. The van der Waals surface area contributed by atoms with Crippen molar-refractivity contribution in [2.75, 3.05) is 13.1 Å². The fourth-order valence-electron chi connectivity index (χ4n) is 2.05. The molecular formula is C11H18N4O. The molecular weight excluding hydrogens is 204 g/mol. The summed E-state index contributed by atoms with van der Waals surface area (Å²) in [6, 6.07) is 0.211. The zero-order chi connectivity index (χ0) is 11.5. The summed E-state index contributed by atoms with van der Waals surface area (Å²) in [4.78, 5) is 11.8. The number of hydrogen-bond donors (Lipinski definition) is 2. The maximum Gasteiger partial charge on any atom is 0.254 e. The number of nitrogens with zero attached hydrogens (tertiary/aromatic N) is 2. The van der Waals surface area contributed by atoms with Gasteiger partial charge in [-0.05, 0) is 32.4 Å². The van der Waals surface area contributed by atoms with Crippen LogP contribution in [-0.4, -0.2) is 34.8 Å². The van der Waals surface area contributed by atoms with Crippen LogP contribution in [0.25, 0.3) is 0 Å². The largest absolute Gasteiger partial charge is 0.349 e. The second kappa shape index (κ2) is 4.65. The molecule has 2 atom stereocenters. The molecule has 1 saturated heterocycles. The summed E-state index contributed by atoms with van der Waals surface area (Å²) >= 11 is 0. The summed E-state index contributed by atoms with van der Waals surface area (Å²) in [6.45, 7) is 4.11. The van der Waals surface area contributed by atoms with Crippen molar-refractivity contribution in [3.05, 3.63) is 18.0 Å². The first-order valence-electron chi connectivity index (χ1n) is 5.67. The van der Waals surface area contributed by atoms with Crippen molar-refractivity contribution in [3.63, 3.8) is 0 Å². The van der Waals surface area contributed by atoms with Crippen molar-refractivity contribution in [2.45, 2.75) is 19.4 Å². The Morgan fingerprint density at radius 2 is 2.56 bits per heavy atom. The highest BCUT2D eigenvalue weighted by atomic mass is 16.1. The van der Waals surface area contributed by atoms with E-state index in [4.69, 9.17) is 0 Å². The molecule has 0 bridgehead atoms. The number of nitrogens with one attached hydrogen (secondary N) is 2. The molecule has 0 radical (unpaired) electrons. The molecule has 2 rings (SSSR count). The van der Waals surface area contributed by atoms with Gasteiger partial charge in [0.1, 0.15) is 0 Å². The fourth-order valence-corrected chi connectivity index (χ4v) is 2.05. The number of amides is 1. The van der Waals surface area contributed by atoms with E-state index in [1.807, 2.05) is 0 Å². The Kier molecular flexibility index (Phi) is 3.24. The van der Waals surface area contributed by atoms with Crippen molar-refractivity contribution in [1.29, 1.82) is 0 Å². The van der Waals surface area contributed by atoms with Crippen LogP contribution in [0.1, 0.15) is 23.7 Å². The highest BCUT2D eigenvalue weighted by Crippen LogP contribution is 2.12. The van der Waals surface area contributed by atoms with E-state index in [-0.39, 0.29) is 11.9 Å². The number of hydrogen-bond acceptors (Lipinski definition) is 3. The third kappa shape index (κ3) is 2.41. The van der Waals surface area contributed by atoms with Crippen molar-refractivity contribution < 1.29 is 4.79 Å². The van der Waals surface area contributed by atoms with E-state index in [0.717, 1.165) is 19.5 Å². The van der Waals surface area contributed by atoms with Crippen molar-refractivity contribution in [2.24, 2.45) is 13.0 Å². The first kappa shape index (κ1) is 11.1. The highest BCUT2D eigenvalue weighted by Gasteiger charge is 2.23. The van der Waals surface area contributed by atoms with Crippen LogP contribution >= 0.6 is 0 Å². The van der Waals surface area contributed by atoms with E-state index in [1.165, 1.54) is 0 Å². The zero-order valence-corrected chi connectivity index (χ0v) is 9.73. The molecule has 2 N–H and O–H groups in total. The van der Waals surface area contributed by atoms with E-state index in [2.05, 4.69) is 22.7 Å². The molecule has 2 unspecified atom stereocenters. The van der Waals surface area contributed by atoms with Gasteiger partial charge in [-0.1, -0.05) is 0 Å². The minimum Gasteiger partial charge on any atom is -0.349 e. The lowest BCUT2D eigenvalue weighted by molar-refractivity contribution is 0.0929. The van der Waals surface area contributed by atoms with E-state index < -0.39 is 0 Å². The molecule has 88 valence electrons. The van der Waals surface area contributed by atoms with Gasteiger partial charge < -0.3 is 10.6 Å². The lowest BCUT2D eigenvalue weighted by Crippen LogP contribution is -2.38. The van der Waals surface area contributed by atoms with Crippen LogP contribution in [0.15, 0.2) is 12.4 Å². The van der Waals surface area contributed by atoms with Crippen LogP contribution < -0.4 is 10.6 Å². The van der Waals surface area contributed by atoms with E-state index in [9.17, 15) is 4.79 Å². The van der Waals surface area contributed by atoms with Gasteiger partial charge in [-0.3, -0.25) is 9.48 Å². The number of rotatable bonds is 3. The second-order valence-corrected chi connectivity index (χ2v) is 4.42. The van der Waals surface area contributed by atoms with E-state index in [1.54, 1.807) is 24.1 Å². The third-order valence-electron chi connectivity index (χ3n) is 3.13. The van der Waals surface area contributed by atoms with Gasteiger partial charge in [0.25, 0.3) is 5.91 Å². The summed E-state index contributed by atoms with van der Waals surface area (Å²) < 4.78 is 1.64. The van der Waals surface area contributed by atoms with Gasteiger partial charge in [0.2, 0.25) is 0 Å². The Bertz CT molecular complexity index is 368. The van der Waals surface area contributed by atoms with Crippen molar-refractivity contribution in [1.82, 2.24) is 20.4 Å². The van der Waals surface area contributed by atoms with E-state index in [0.29, 0.717) is 11.5 Å². The Labute approximate surface area is 95.2 Å².